The zero-order valence-corrected chi connectivity index (χ0v) is 13.4. The largest absolute Gasteiger partial charge is 0.333 e. The molecular weight excluding hydrogens is 312 g/mol. The van der Waals surface area contributed by atoms with Crippen LogP contribution in [-0.4, -0.2) is 19.1 Å². The van der Waals surface area contributed by atoms with Gasteiger partial charge < -0.3 is 4.57 Å². The average molecular weight is 325 g/mol. The van der Waals surface area contributed by atoms with E-state index in [1.54, 1.807) is 23.2 Å². The van der Waals surface area contributed by atoms with Gasteiger partial charge in [0.25, 0.3) is 5.56 Å². The van der Waals surface area contributed by atoms with E-state index in [0.717, 1.165) is 27.8 Å². The van der Waals surface area contributed by atoms with Crippen molar-refractivity contribution in [3.8, 4) is 5.69 Å². The smallest absolute Gasteiger partial charge is 0.283 e. The van der Waals surface area contributed by atoms with Crippen molar-refractivity contribution in [3.05, 3.63) is 63.9 Å². The molecule has 3 aromatic heterocycles. The lowest BCUT2D eigenvalue weighted by Gasteiger charge is -2.13. The molecule has 0 bridgehead atoms. The predicted molar refractivity (Wildman–Crippen MR) is 91.4 cm³/mol. The number of hydrogen-bond donors (Lipinski definition) is 0. The minimum Gasteiger partial charge on any atom is -0.333 e. The van der Waals surface area contributed by atoms with E-state index in [1.807, 2.05) is 42.8 Å². The first kappa shape index (κ1) is 14.0. The molecule has 6 heteroatoms. The highest BCUT2D eigenvalue weighted by Gasteiger charge is 2.17. The average Bonchev–Trinajstić information content (AvgIpc) is 2.91. The summed E-state index contributed by atoms with van der Waals surface area (Å²) in [7, 11) is 1.88. The van der Waals surface area contributed by atoms with Gasteiger partial charge in [-0.15, -0.1) is 0 Å². The first-order valence-electron chi connectivity index (χ1n) is 7.15. The summed E-state index contributed by atoms with van der Waals surface area (Å²) < 4.78 is 3.49. The Kier molecular flexibility index (Phi) is 2.99. The van der Waals surface area contributed by atoms with Crippen LogP contribution in [0.25, 0.3) is 27.6 Å². The van der Waals surface area contributed by atoms with Crippen molar-refractivity contribution in [2.75, 3.05) is 0 Å². The highest BCUT2D eigenvalue weighted by molar-refractivity contribution is 6.31. The van der Waals surface area contributed by atoms with Gasteiger partial charge in [-0.1, -0.05) is 11.6 Å². The molecule has 0 radical (unpaired) electrons. The maximum absolute atomic E-state index is 13.0. The lowest BCUT2D eigenvalue weighted by Crippen LogP contribution is -2.20. The van der Waals surface area contributed by atoms with Crippen molar-refractivity contribution in [2.24, 2.45) is 7.05 Å². The second-order valence-electron chi connectivity index (χ2n) is 5.46. The molecule has 4 aromatic rings. The summed E-state index contributed by atoms with van der Waals surface area (Å²) in [6.07, 6.45) is 3.36. The minimum absolute atomic E-state index is 0.175. The van der Waals surface area contributed by atoms with E-state index in [0.29, 0.717) is 10.5 Å². The molecule has 1 aromatic carbocycles. The Labute approximate surface area is 136 Å². The van der Waals surface area contributed by atoms with Gasteiger partial charge in [0.05, 0.1) is 28.7 Å². The maximum atomic E-state index is 13.0. The number of halogens is 1. The molecule has 0 atom stereocenters. The molecule has 0 aliphatic heterocycles. The van der Waals surface area contributed by atoms with E-state index >= 15 is 0 Å². The van der Waals surface area contributed by atoms with Crippen molar-refractivity contribution >= 4 is 33.5 Å². The fraction of sp³-hybridized carbons (Fsp3) is 0.118. The van der Waals surface area contributed by atoms with E-state index in [1.165, 1.54) is 0 Å². The fourth-order valence-corrected chi connectivity index (χ4v) is 3.13. The quantitative estimate of drug-likeness (QED) is 0.540. The first-order chi connectivity index (χ1) is 11.1. The van der Waals surface area contributed by atoms with E-state index < -0.39 is 0 Å². The zero-order chi connectivity index (χ0) is 16.1. The molecule has 114 valence electrons. The summed E-state index contributed by atoms with van der Waals surface area (Å²) in [5.41, 5.74) is 3.31. The Morgan fingerprint density at radius 2 is 2.00 bits per heavy atom. The Morgan fingerprint density at radius 1 is 1.17 bits per heavy atom. The molecule has 0 spiro atoms. The summed E-state index contributed by atoms with van der Waals surface area (Å²) in [6, 6.07) is 9.23. The number of hydrogen-bond acceptors (Lipinski definition) is 3. The molecule has 0 aliphatic rings. The van der Waals surface area contributed by atoms with Gasteiger partial charge >= 0.3 is 0 Å². The molecule has 0 saturated carbocycles. The fourth-order valence-electron chi connectivity index (χ4n) is 2.96. The monoisotopic (exact) mass is 324 g/mol. The van der Waals surface area contributed by atoms with Gasteiger partial charge in [0.15, 0.2) is 5.52 Å². The van der Waals surface area contributed by atoms with Gasteiger partial charge in [-0.2, -0.15) is 0 Å². The molecule has 4 rings (SSSR count). The van der Waals surface area contributed by atoms with E-state index in [2.05, 4.69) is 9.97 Å². The van der Waals surface area contributed by atoms with Crippen LogP contribution in [0.5, 0.6) is 0 Å². The van der Waals surface area contributed by atoms with Gasteiger partial charge in [0.1, 0.15) is 0 Å². The minimum atomic E-state index is -0.175. The Bertz CT molecular complexity index is 1130. The van der Waals surface area contributed by atoms with Crippen molar-refractivity contribution in [1.82, 2.24) is 19.1 Å². The standard InChI is InChI=1S/C17H13ClN4O/c1-10-13(4-3-7-19-10)22-14-8-11(18)5-6-12(14)16-15(17(22)23)20-9-21(16)2/h3-9H,1-2H3. The molecule has 0 fully saturated rings. The number of pyridine rings is 2. The van der Waals surface area contributed by atoms with Crippen molar-refractivity contribution < 1.29 is 0 Å². The third kappa shape index (κ3) is 1.97. The van der Waals surface area contributed by atoms with Gasteiger partial charge in [0.2, 0.25) is 0 Å². The van der Waals surface area contributed by atoms with E-state index in [-0.39, 0.29) is 5.56 Å². The number of imidazole rings is 1. The van der Waals surface area contributed by atoms with Crippen LogP contribution in [0.15, 0.2) is 47.7 Å². The number of aryl methyl sites for hydroxylation is 2. The molecule has 0 N–H and O–H groups in total. The number of rotatable bonds is 1. The summed E-state index contributed by atoms with van der Waals surface area (Å²) in [5, 5.41) is 1.50. The highest BCUT2D eigenvalue weighted by atomic mass is 35.5. The summed E-state index contributed by atoms with van der Waals surface area (Å²) >= 11 is 6.18. The topological polar surface area (TPSA) is 52.7 Å². The van der Waals surface area contributed by atoms with Crippen LogP contribution in [0.3, 0.4) is 0 Å². The van der Waals surface area contributed by atoms with Crippen LogP contribution < -0.4 is 5.56 Å². The van der Waals surface area contributed by atoms with Crippen LogP contribution in [0.4, 0.5) is 0 Å². The molecule has 5 nitrogen and oxygen atoms in total. The Hall–Kier alpha value is -2.66. The zero-order valence-electron chi connectivity index (χ0n) is 12.6. The normalized spacial score (nSPS) is 11.4. The Morgan fingerprint density at radius 3 is 2.78 bits per heavy atom. The molecule has 3 heterocycles. The second kappa shape index (κ2) is 4.93. The number of benzene rings is 1. The second-order valence-corrected chi connectivity index (χ2v) is 5.90. The van der Waals surface area contributed by atoms with Gasteiger partial charge in [-0.25, -0.2) is 4.98 Å². The van der Waals surface area contributed by atoms with Crippen LogP contribution in [-0.2, 0) is 7.05 Å². The third-order valence-corrected chi connectivity index (χ3v) is 4.25. The lowest BCUT2D eigenvalue weighted by atomic mass is 10.1. The molecule has 0 unspecified atom stereocenters. The van der Waals surface area contributed by atoms with Crippen molar-refractivity contribution in [1.29, 1.82) is 0 Å². The summed E-state index contributed by atoms with van der Waals surface area (Å²) in [6.45, 7) is 1.88. The SMILES string of the molecule is Cc1ncccc1-n1c(=O)c2ncn(C)c2c2ccc(Cl)cc21. The van der Waals surface area contributed by atoms with Crippen molar-refractivity contribution in [3.63, 3.8) is 0 Å². The molecule has 23 heavy (non-hydrogen) atoms. The van der Waals surface area contributed by atoms with Crippen LogP contribution in [0.2, 0.25) is 5.02 Å². The highest BCUT2D eigenvalue weighted by Crippen LogP contribution is 2.27. The molecule has 0 amide bonds. The number of nitrogens with zero attached hydrogens (tertiary/aromatic N) is 4. The van der Waals surface area contributed by atoms with E-state index in [9.17, 15) is 4.79 Å². The molecule has 0 aliphatic carbocycles. The van der Waals surface area contributed by atoms with Crippen LogP contribution in [0, 0.1) is 6.92 Å². The van der Waals surface area contributed by atoms with Crippen LogP contribution in [0.1, 0.15) is 5.69 Å². The first-order valence-corrected chi connectivity index (χ1v) is 7.53. The van der Waals surface area contributed by atoms with Crippen molar-refractivity contribution in [2.45, 2.75) is 6.92 Å². The number of fused-ring (bicyclic) bond motifs is 3. The molecule has 0 saturated heterocycles. The van der Waals surface area contributed by atoms with Gasteiger partial charge in [-0.3, -0.25) is 14.3 Å². The summed E-state index contributed by atoms with van der Waals surface area (Å²) in [4.78, 5) is 21.6. The number of aromatic nitrogens is 4. The van der Waals surface area contributed by atoms with E-state index in [4.69, 9.17) is 11.6 Å². The Balaban J connectivity index is 2.31. The predicted octanol–water partition coefficient (Wildman–Crippen LogP) is 3.23. The van der Waals surface area contributed by atoms with Gasteiger partial charge in [0, 0.05) is 23.7 Å². The third-order valence-electron chi connectivity index (χ3n) is 4.02. The van der Waals surface area contributed by atoms with Gasteiger partial charge in [-0.05, 0) is 37.3 Å². The molecular formula is C17H13ClN4O. The maximum Gasteiger partial charge on any atom is 0.283 e. The van der Waals surface area contributed by atoms with Crippen LogP contribution >= 0.6 is 11.6 Å². The summed E-state index contributed by atoms with van der Waals surface area (Å²) in [5.74, 6) is 0. The lowest BCUT2D eigenvalue weighted by molar-refractivity contribution is 0.950.